The van der Waals surface area contributed by atoms with Gasteiger partial charge in [-0.1, -0.05) is 137 Å². The highest BCUT2D eigenvalue weighted by molar-refractivity contribution is 7.93. The van der Waals surface area contributed by atoms with Crippen LogP contribution in [0.2, 0.25) is 0 Å². The first-order chi connectivity index (χ1) is 38.3. The molecule has 0 spiro atoms. The van der Waals surface area contributed by atoms with Crippen molar-refractivity contribution in [3.05, 3.63) is 156 Å². The molecule has 8 N–H and O–H groups in total. The van der Waals surface area contributed by atoms with E-state index in [1.807, 2.05) is 84.9 Å². The first-order valence-corrected chi connectivity index (χ1v) is 31.2. The van der Waals surface area contributed by atoms with Gasteiger partial charge < -0.3 is 41.7 Å². The first-order valence-electron chi connectivity index (χ1n) is 27.9. The third-order valence-corrected chi connectivity index (χ3v) is 20.7. The molecule has 0 fully saturated rings. The number of aliphatic hydroxyl groups excluding tert-OH is 2. The van der Waals surface area contributed by atoms with Crippen LogP contribution in [0.15, 0.2) is 133 Å². The standard InChI is InChI=1S/C64H82N4O12S2/c1-39(2)55(67-59(73)47(37-81(77,78)63(5,6)7)35-45-21-15-19-43-17-11-13-23-51(43)45)61(75)65-53(33-41-25-29-49(69)30-26-41)57(71)58(72)54(34-42-27-31-50(70)32-28-42)66-62(76)56(40(3)4)68-60(74)48(38-82(79,80)64(8,9)10)36-46-22-16-20-44-18-12-14-24-52(44)46/h11-32,39-40,47-48,53-58,69-72H,33-38H2,1-10H3,(H,65,75)(H,66,76)(H,67,73)(H,68,74)/t47-,48-,53+,54+,55-,56+,57-,58-/m1/s1. The average Bonchev–Trinajstić information content (AvgIpc) is 3.39. The molecule has 6 rings (SSSR count). The Kier molecular flexibility index (Phi) is 21.2. The number of carbonyl (C=O) groups excluding carboxylic acids is 4. The summed E-state index contributed by atoms with van der Waals surface area (Å²) in [6, 6.07) is 32.9. The third kappa shape index (κ3) is 16.7. The van der Waals surface area contributed by atoms with Gasteiger partial charge in [-0.3, -0.25) is 19.2 Å². The molecule has 6 aromatic carbocycles. The van der Waals surface area contributed by atoms with Crippen LogP contribution >= 0.6 is 0 Å². The molecule has 0 bridgehead atoms. The van der Waals surface area contributed by atoms with Crippen molar-refractivity contribution in [2.75, 3.05) is 11.5 Å². The Bertz CT molecular complexity index is 3170. The number of rotatable bonds is 25. The first kappa shape index (κ1) is 64.3. The van der Waals surface area contributed by atoms with E-state index in [4.69, 9.17) is 0 Å². The number of phenols is 2. The monoisotopic (exact) mass is 1160 g/mol. The van der Waals surface area contributed by atoms with Crippen LogP contribution in [0.5, 0.6) is 11.5 Å². The van der Waals surface area contributed by atoms with Gasteiger partial charge in [0.2, 0.25) is 23.6 Å². The fourth-order valence-corrected chi connectivity index (χ4v) is 12.5. The summed E-state index contributed by atoms with van der Waals surface area (Å²) in [5.74, 6) is -7.54. The van der Waals surface area contributed by atoms with Crippen LogP contribution in [-0.2, 0) is 64.5 Å². The van der Waals surface area contributed by atoms with Gasteiger partial charge in [0.1, 0.15) is 35.8 Å². The highest BCUT2D eigenvalue weighted by Gasteiger charge is 2.41. The number of benzene rings is 6. The fourth-order valence-electron chi connectivity index (χ4n) is 9.88. The lowest BCUT2D eigenvalue weighted by Gasteiger charge is -2.35. The minimum absolute atomic E-state index is 0.0314. The summed E-state index contributed by atoms with van der Waals surface area (Å²) < 4.78 is 52.9. The summed E-state index contributed by atoms with van der Waals surface area (Å²) in [6.45, 7) is 16.1. The van der Waals surface area contributed by atoms with Gasteiger partial charge >= 0.3 is 0 Å². The van der Waals surface area contributed by atoms with Crippen molar-refractivity contribution in [2.24, 2.45) is 23.7 Å². The fraction of sp³-hybridized carbons (Fsp3) is 0.438. The second-order valence-corrected chi connectivity index (χ2v) is 29.9. The van der Waals surface area contributed by atoms with Gasteiger partial charge in [0.25, 0.3) is 0 Å². The molecule has 6 aromatic rings. The normalized spacial score (nSPS) is 15.4. The molecule has 82 heavy (non-hydrogen) atoms. The Morgan fingerprint density at radius 2 is 0.744 bits per heavy atom. The summed E-state index contributed by atoms with van der Waals surface area (Å²) in [5, 5.41) is 60.2. The van der Waals surface area contributed by atoms with Crippen LogP contribution in [-0.4, -0.2) is 118 Å². The molecule has 0 radical (unpaired) electrons. The van der Waals surface area contributed by atoms with E-state index in [0.29, 0.717) is 11.1 Å². The van der Waals surface area contributed by atoms with Crippen LogP contribution in [0, 0.1) is 23.7 Å². The Labute approximate surface area is 483 Å². The minimum atomic E-state index is -3.89. The molecule has 0 aromatic heterocycles. The molecule has 4 amide bonds. The summed E-state index contributed by atoms with van der Waals surface area (Å²) >= 11 is 0. The van der Waals surface area contributed by atoms with Crippen LogP contribution < -0.4 is 21.3 Å². The highest BCUT2D eigenvalue weighted by atomic mass is 32.2. The van der Waals surface area contributed by atoms with Gasteiger partial charge in [0.05, 0.1) is 44.9 Å². The number of aliphatic hydroxyl groups is 2. The number of phenolic OH excluding ortho intramolecular Hbond substituents is 2. The lowest BCUT2D eigenvalue weighted by Crippen LogP contribution is -2.62. The summed E-state index contributed by atoms with van der Waals surface area (Å²) in [6.07, 6.45) is -3.97. The van der Waals surface area contributed by atoms with Gasteiger partial charge in [0.15, 0.2) is 19.7 Å². The van der Waals surface area contributed by atoms with Gasteiger partial charge in [-0.15, -0.1) is 0 Å². The second-order valence-electron chi connectivity index (χ2n) is 24.3. The molecule has 18 heteroatoms. The van der Waals surface area contributed by atoms with Crippen molar-refractivity contribution < 1.29 is 56.4 Å². The summed E-state index contributed by atoms with van der Waals surface area (Å²) in [7, 11) is -7.77. The highest BCUT2D eigenvalue weighted by Crippen LogP contribution is 2.29. The number of carbonyl (C=O) groups is 4. The quantitative estimate of drug-likeness (QED) is 0.0281. The van der Waals surface area contributed by atoms with Gasteiger partial charge in [-0.2, -0.15) is 0 Å². The van der Waals surface area contributed by atoms with Crippen LogP contribution in [0.1, 0.15) is 91.5 Å². The smallest absolute Gasteiger partial charge is 0.243 e. The lowest BCUT2D eigenvalue weighted by molar-refractivity contribution is -0.134. The molecule has 0 saturated heterocycles. The number of sulfone groups is 2. The van der Waals surface area contributed by atoms with Crippen molar-refractivity contribution in [3.8, 4) is 11.5 Å². The number of aromatic hydroxyl groups is 2. The maximum absolute atomic E-state index is 14.8. The average molecular weight is 1160 g/mol. The SMILES string of the molecule is CC(C)[C@H](NC(=O)[C@H](Cc1cccc2ccccc12)CS(=O)(=O)C(C)(C)C)C(=O)N[C@@H](Cc1ccc(O)cc1)[C@@H](O)[C@H](O)[C@H](Cc1ccc(O)cc1)NC(=O)[C@H](NC(=O)[C@H](Cc1cccc2ccccc12)CS(=O)(=O)C(C)(C)C)C(C)C. The number of amides is 4. The Hall–Kier alpha value is -6.86. The molecule has 0 heterocycles. The molecule has 442 valence electrons. The van der Waals surface area contributed by atoms with E-state index in [-0.39, 0.29) is 37.2 Å². The zero-order chi connectivity index (χ0) is 60.5. The van der Waals surface area contributed by atoms with Crippen molar-refractivity contribution >= 4 is 64.8 Å². The molecule has 0 saturated carbocycles. The molecular formula is C64H82N4O12S2. The van der Waals surface area contributed by atoms with Crippen LogP contribution in [0.4, 0.5) is 0 Å². The van der Waals surface area contributed by atoms with Crippen molar-refractivity contribution in [2.45, 2.75) is 141 Å². The van der Waals surface area contributed by atoms with Gasteiger partial charge in [-0.25, -0.2) is 16.8 Å². The zero-order valence-corrected chi connectivity index (χ0v) is 50.2. The second kappa shape index (κ2) is 27.0. The number of nitrogens with one attached hydrogen (secondary N) is 4. The minimum Gasteiger partial charge on any atom is -0.508 e. The number of hydrogen-bond acceptors (Lipinski definition) is 12. The van der Waals surface area contributed by atoms with Crippen molar-refractivity contribution in [1.82, 2.24) is 21.3 Å². The third-order valence-electron chi connectivity index (χ3n) is 15.2. The Morgan fingerprint density at radius 1 is 0.427 bits per heavy atom. The molecule has 0 aliphatic carbocycles. The van der Waals surface area contributed by atoms with Crippen LogP contribution in [0.25, 0.3) is 21.5 Å². The van der Waals surface area contributed by atoms with Gasteiger partial charge in [0, 0.05) is 0 Å². The summed E-state index contributed by atoms with van der Waals surface area (Å²) in [5.41, 5.74) is 2.50. The Balaban J connectivity index is 1.31. The van der Waals surface area contributed by atoms with Crippen molar-refractivity contribution in [1.29, 1.82) is 0 Å². The van der Waals surface area contributed by atoms with E-state index in [1.165, 1.54) is 24.3 Å². The summed E-state index contributed by atoms with van der Waals surface area (Å²) in [4.78, 5) is 58.7. The topological polar surface area (TPSA) is 266 Å². The van der Waals surface area contributed by atoms with Gasteiger partial charge in [-0.05, 0) is 147 Å². The lowest BCUT2D eigenvalue weighted by atomic mass is 9.90. The van der Waals surface area contributed by atoms with Crippen molar-refractivity contribution in [3.63, 3.8) is 0 Å². The maximum atomic E-state index is 14.8. The largest absolute Gasteiger partial charge is 0.508 e. The van der Waals surface area contributed by atoms with E-state index in [9.17, 15) is 56.4 Å². The maximum Gasteiger partial charge on any atom is 0.243 e. The predicted molar refractivity (Wildman–Crippen MR) is 322 cm³/mol. The van der Waals surface area contributed by atoms with E-state index in [0.717, 1.165) is 32.7 Å². The van der Waals surface area contributed by atoms with E-state index >= 15 is 0 Å². The zero-order valence-electron chi connectivity index (χ0n) is 48.6. The Morgan fingerprint density at radius 3 is 1.06 bits per heavy atom. The van der Waals surface area contributed by atoms with E-state index in [1.54, 1.807) is 93.5 Å². The molecule has 0 unspecified atom stereocenters. The number of hydrogen-bond donors (Lipinski definition) is 8. The molecule has 0 aliphatic heterocycles. The van der Waals surface area contributed by atoms with E-state index in [2.05, 4.69) is 21.3 Å². The van der Waals surface area contributed by atoms with Crippen LogP contribution in [0.3, 0.4) is 0 Å². The molecular weight excluding hydrogens is 1080 g/mol. The van der Waals surface area contributed by atoms with E-state index < -0.39 is 124 Å². The molecule has 8 atom stereocenters. The number of fused-ring (bicyclic) bond motifs is 2. The predicted octanol–water partition coefficient (Wildman–Crippen LogP) is 7.31. The molecule has 0 aliphatic rings. The molecule has 16 nitrogen and oxygen atoms in total.